The van der Waals surface area contributed by atoms with Gasteiger partial charge >= 0.3 is 0 Å². The van der Waals surface area contributed by atoms with Crippen LogP contribution in [0.5, 0.6) is 0 Å². The Kier molecular flexibility index (Phi) is 5.12. The van der Waals surface area contributed by atoms with E-state index in [1.165, 1.54) is 0 Å². The number of amides is 2. The maximum atomic E-state index is 12.1. The molecule has 0 radical (unpaired) electrons. The zero-order chi connectivity index (χ0) is 14.4. The van der Waals surface area contributed by atoms with E-state index < -0.39 is 0 Å². The zero-order valence-corrected chi connectivity index (χ0v) is 11.7. The van der Waals surface area contributed by atoms with Gasteiger partial charge in [0, 0.05) is 25.2 Å². The predicted molar refractivity (Wildman–Crippen MR) is 78.2 cm³/mol. The summed E-state index contributed by atoms with van der Waals surface area (Å²) >= 11 is 0. The van der Waals surface area contributed by atoms with Gasteiger partial charge in [-0.05, 0) is 30.7 Å². The van der Waals surface area contributed by atoms with Crippen LogP contribution in [0, 0.1) is 5.92 Å². The summed E-state index contributed by atoms with van der Waals surface area (Å²) in [4.78, 5) is 23.2. The van der Waals surface area contributed by atoms with Crippen LogP contribution in [0.25, 0.3) is 0 Å². The average Bonchev–Trinajstić information content (AvgIpc) is 2.46. The van der Waals surface area contributed by atoms with Gasteiger partial charge in [-0.25, -0.2) is 0 Å². The molecule has 1 saturated heterocycles. The van der Waals surface area contributed by atoms with Gasteiger partial charge in [0.05, 0.1) is 5.92 Å². The summed E-state index contributed by atoms with van der Waals surface area (Å²) in [6.07, 6.45) is 1.05. The molecule has 1 atom stereocenters. The molecular formula is C15H21N3O2. The fraction of sp³-hybridized carbons (Fsp3) is 0.467. The topological polar surface area (TPSA) is 70.2 Å². The van der Waals surface area contributed by atoms with Gasteiger partial charge in [-0.2, -0.15) is 0 Å². The van der Waals surface area contributed by atoms with Crippen LogP contribution in [0.15, 0.2) is 24.3 Å². The van der Waals surface area contributed by atoms with Crippen LogP contribution in [0.1, 0.15) is 25.3 Å². The zero-order valence-electron chi connectivity index (χ0n) is 11.7. The molecule has 1 heterocycles. The van der Waals surface area contributed by atoms with Crippen molar-refractivity contribution in [2.24, 2.45) is 5.92 Å². The van der Waals surface area contributed by atoms with Gasteiger partial charge in [-0.1, -0.05) is 19.1 Å². The number of carbonyl (C=O) groups is 2. The van der Waals surface area contributed by atoms with E-state index in [9.17, 15) is 9.59 Å². The number of rotatable bonds is 5. The van der Waals surface area contributed by atoms with Crippen LogP contribution in [-0.4, -0.2) is 24.9 Å². The van der Waals surface area contributed by atoms with Crippen molar-refractivity contribution in [2.45, 2.75) is 26.3 Å². The van der Waals surface area contributed by atoms with Gasteiger partial charge in [0.1, 0.15) is 0 Å². The van der Waals surface area contributed by atoms with E-state index in [2.05, 4.69) is 22.9 Å². The van der Waals surface area contributed by atoms with E-state index in [1.54, 1.807) is 0 Å². The molecule has 108 valence electrons. The molecule has 1 aromatic rings. The highest BCUT2D eigenvalue weighted by Gasteiger charge is 2.24. The third kappa shape index (κ3) is 4.06. The molecule has 0 saturated carbocycles. The maximum Gasteiger partial charge on any atom is 0.229 e. The Hall–Kier alpha value is -1.88. The van der Waals surface area contributed by atoms with E-state index in [4.69, 9.17) is 0 Å². The van der Waals surface area contributed by atoms with Gasteiger partial charge in [0.15, 0.2) is 0 Å². The largest absolute Gasteiger partial charge is 0.355 e. The van der Waals surface area contributed by atoms with Crippen molar-refractivity contribution < 1.29 is 9.59 Å². The van der Waals surface area contributed by atoms with Crippen molar-refractivity contribution in [3.63, 3.8) is 0 Å². The molecule has 1 aromatic carbocycles. The average molecular weight is 275 g/mol. The number of benzene rings is 1. The van der Waals surface area contributed by atoms with Crippen LogP contribution in [0.4, 0.5) is 5.69 Å². The lowest BCUT2D eigenvalue weighted by atomic mass is 9.98. The number of anilines is 1. The summed E-state index contributed by atoms with van der Waals surface area (Å²) in [5.74, 6) is -0.127. The normalized spacial score (nSPS) is 18.4. The van der Waals surface area contributed by atoms with Crippen molar-refractivity contribution in [2.75, 3.05) is 18.4 Å². The van der Waals surface area contributed by atoms with E-state index in [-0.39, 0.29) is 17.7 Å². The molecule has 1 aliphatic rings. The van der Waals surface area contributed by atoms with Crippen LogP contribution < -0.4 is 16.0 Å². The lowest BCUT2D eigenvalue weighted by Crippen LogP contribution is -2.40. The van der Waals surface area contributed by atoms with Crippen molar-refractivity contribution in [1.29, 1.82) is 0 Å². The minimum Gasteiger partial charge on any atom is -0.355 e. The van der Waals surface area contributed by atoms with Gasteiger partial charge in [0.25, 0.3) is 0 Å². The molecule has 1 unspecified atom stereocenters. The minimum absolute atomic E-state index is 0.0226. The number of hydrogen-bond donors (Lipinski definition) is 3. The van der Waals surface area contributed by atoms with Gasteiger partial charge in [-0.3, -0.25) is 9.59 Å². The van der Waals surface area contributed by atoms with Crippen molar-refractivity contribution in [3.8, 4) is 0 Å². The molecule has 0 bridgehead atoms. The van der Waals surface area contributed by atoms with E-state index in [1.807, 2.05) is 24.3 Å². The molecule has 1 fully saturated rings. The van der Waals surface area contributed by atoms with Crippen molar-refractivity contribution in [1.82, 2.24) is 10.6 Å². The minimum atomic E-state index is -0.134. The Morgan fingerprint density at radius 2 is 2.30 bits per heavy atom. The van der Waals surface area contributed by atoms with E-state index in [0.717, 1.165) is 24.3 Å². The third-order valence-electron chi connectivity index (χ3n) is 3.41. The smallest absolute Gasteiger partial charge is 0.229 e. The Labute approximate surface area is 119 Å². The maximum absolute atomic E-state index is 12.1. The Morgan fingerprint density at radius 1 is 1.45 bits per heavy atom. The fourth-order valence-electron chi connectivity index (χ4n) is 2.23. The van der Waals surface area contributed by atoms with Crippen LogP contribution in [-0.2, 0) is 16.1 Å². The number of hydrogen-bond acceptors (Lipinski definition) is 3. The van der Waals surface area contributed by atoms with Gasteiger partial charge in [-0.15, -0.1) is 0 Å². The van der Waals surface area contributed by atoms with E-state index in [0.29, 0.717) is 19.4 Å². The Balaban J connectivity index is 1.92. The second kappa shape index (κ2) is 7.05. The molecule has 5 nitrogen and oxygen atoms in total. The quantitative estimate of drug-likeness (QED) is 0.757. The first-order chi connectivity index (χ1) is 9.69. The molecule has 2 amide bonds. The van der Waals surface area contributed by atoms with Crippen molar-refractivity contribution in [3.05, 3.63) is 29.8 Å². The van der Waals surface area contributed by atoms with Crippen LogP contribution in [0.2, 0.25) is 0 Å². The monoisotopic (exact) mass is 275 g/mol. The summed E-state index contributed by atoms with van der Waals surface area (Å²) in [5, 5.41) is 8.91. The number of nitrogens with one attached hydrogen (secondary N) is 3. The summed E-state index contributed by atoms with van der Waals surface area (Å²) in [5.41, 5.74) is 1.95. The molecule has 0 aromatic heterocycles. The van der Waals surface area contributed by atoms with E-state index >= 15 is 0 Å². The molecule has 20 heavy (non-hydrogen) atoms. The number of carbonyl (C=O) groups excluding carboxylic acids is 2. The van der Waals surface area contributed by atoms with Gasteiger partial charge < -0.3 is 16.0 Å². The molecule has 2 rings (SSSR count). The summed E-state index contributed by atoms with van der Waals surface area (Å²) in [6.45, 7) is 4.20. The molecule has 5 heteroatoms. The second-order valence-corrected chi connectivity index (χ2v) is 5.01. The molecule has 1 aliphatic heterocycles. The molecule has 3 N–H and O–H groups in total. The molecule has 0 spiro atoms. The fourth-order valence-corrected chi connectivity index (χ4v) is 2.23. The highest BCUT2D eigenvalue weighted by Crippen LogP contribution is 2.16. The standard InChI is InChI=1S/C15H21N3O2/c1-2-16-9-11-4-3-5-13(8-11)18-15(20)12-6-7-14(19)17-10-12/h3-5,8,12,16H,2,6-7,9-10H2,1H3,(H,17,19)(H,18,20). The summed E-state index contributed by atoms with van der Waals surface area (Å²) in [7, 11) is 0. The highest BCUT2D eigenvalue weighted by atomic mass is 16.2. The third-order valence-corrected chi connectivity index (χ3v) is 3.41. The van der Waals surface area contributed by atoms with Crippen LogP contribution >= 0.6 is 0 Å². The Bertz CT molecular complexity index is 478. The van der Waals surface area contributed by atoms with Crippen molar-refractivity contribution >= 4 is 17.5 Å². The first kappa shape index (κ1) is 14.5. The second-order valence-electron chi connectivity index (χ2n) is 5.01. The van der Waals surface area contributed by atoms with Gasteiger partial charge in [0.2, 0.25) is 11.8 Å². The van der Waals surface area contributed by atoms with Crippen LogP contribution in [0.3, 0.4) is 0 Å². The summed E-state index contributed by atoms with van der Waals surface area (Å²) < 4.78 is 0. The molecular weight excluding hydrogens is 254 g/mol. The Morgan fingerprint density at radius 3 is 3.00 bits per heavy atom. The highest BCUT2D eigenvalue weighted by molar-refractivity contribution is 5.94. The SMILES string of the molecule is CCNCc1cccc(NC(=O)C2CCC(=O)NC2)c1. The lowest BCUT2D eigenvalue weighted by Gasteiger charge is -2.21. The molecule has 0 aliphatic carbocycles. The summed E-state index contributed by atoms with van der Waals surface area (Å²) in [6, 6.07) is 7.82. The lowest BCUT2D eigenvalue weighted by molar-refractivity contribution is -0.126. The predicted octanol–water partition coefficient (Wildman–Crippen LogP) is 1.26. The number of piperidine rings is 1. The first-order valence-corrected chi connectivity index (χ1v) is 7.06. The first-order valence-electron chi connectivity index (χ1n) is 7.06.